The minimum absolute atomic E-state index is 0.159. The van der Waals surface area contributed by atoms with Gasteiger partial charge in [-0.25, -0.2) is 0 Å². The molecule has 0 bridgehead atoms. The van der Waals surface area contributed by atoms with Gasteiger partial charge in [-0.05, 0) is 55.8 Å². The lowest BCUT2D eigenvalue weighted by Gasteiger charge is -2.32. The summed E-state index contributed by atoms with van der Waals surface area (Å²) in [5.74, 6) is -0.963. The van der Waals surface area contributed by atoms with Gasteiger partial charge in [-0.3, -0.25) is 4.79 Å². The minimum Gasteiger partial charge on any atom is -0.481 e. The van der Waals surface area contributed by atoms with Crippen LogP contribution in [-0.4, -0.2) is 23.7 Å². The SMILES string of the molecule is CC(C(=O)O)C1CCNC(CCc2ccc(C(F)(F)F)cc2)C1. The molecule has 1 aliphatic heterocycles. The Hall–Kier alpha value is -1.56. The lowest BCUT2D eigenvalue weighted by Crippen LogP contribution is -2.41. The monoisotopic (exact) mass is 329 g/mol. The molecule has 128 valence electrons. The van der Waals surface area contributed by atoms with E-state index in [1.807, 2.05) is 0 Å². The molecule has 0 amide bonds. The van der Waals surface area contributed by atoms with Crippen molar-refractivity contribution in [3.05, 3.63) is 35.4 Å². The third-order valence-corrected chi connectivity index (χ3v) is 4.69. The molecule has 1 heterocycles. The molecule has 3 unspecified atom stereocenters. The Balaban J connectivity index is 1.87. The zero-order valence-electron chi connectivity index (χ0n) is 13.1. The highest BCUT2D eigenvalue weighted by Gasteiger charge is 2.30. The summed E-state index contributed by atoms with van der Waals surface area (Å²) in [6.45, 7) is 2.53. The maximum atomic E-state index is 12.5. The predicted octanol–water partition coefficient (Wildman–Crippen LogP) is 3.73. The van der Waals surface area contributed by atoms with Crippen molar-refractivity contribution >= 4 is 5.97 Å². The van der Waals surface area contributed by atoms with Crippen LogP contribution in [0.3, 0.4) is 0 Å². The Morgan fingerprint density at radius 1 is 1.35 bits per heavy atom. The summed E-state index contributed by atoms with van der Waals surface area (Å²) < 4.78 is 37.6. The van der Waals surface area contributed by atoms with E-state index in [2.05, 4.69) is 5.32 Å². The third-order valence-electron chi connectivity index (χ3n) is 4.69. The molecule has 1 saturated heterocycles. The van der Waals surface area contributed by atoms with Crippen LogP contribution in [0.15, 0.2) is 24.3 Å². The maximum Gasteiger partial charge on any atom is 0.416 e. The molecule has 23 heavy (non-hydrogen) atoms. The smallest absolute Gasteiger partial charge is 0.416 e. The zero-order valence-corrected chi connectivity index (χ0v) is 13.1. The van der Waals surface area contributed by atoms with Gasteiger partial charge >= 0.3 is 12.1 Å². The van der Waals surface area contributed by atoms with Crippen LogP contribution in [0.1, 0.15) is 37.3 Å². The molecule has 3 atom stereocenters. The average Bonchev–Trinajstić information content (AvgIpc) is 2.52. The van der Waals surface area contributed by atoms with E-state index in [-0.39, 0.29) is 17.9 Å². The van der Waals surface area contributed by atoms with E-state index in [9.17, 15) is 18.0 Å². The molecule has 2 N–H and O–H groups in total. The Kier molecular flexibility index (Phi) is 5.68. The number of aryl methyl sites for hydroxylation is 1. The van der Waals surface area contributed by atoms with Crippen molar-refractivity contribution < 1.29 is 23.1 Å². The minimum atomic E-state index is -4.30. The number of nitrogens with one attached hydrogen (secondary N) is 1. The molecule has 1 aromatic rings. The Bertz CT molecular complexity index is 528. The first kappa shape index (κ1) is 17.8. The standard InChI is InChI=1S/C17H22F3NO2/c1-11(16(22)23)13-8-9-21-15(10-13)7-4-12-2-5-14(6-3-12)17(18,19)20/h2-3,5-6,11,13,15,21H,4,7-10H2,1H3,(H,22,23). The van der Waals surface area contributed by atoms with Crippen LogP contribution in [0, 0.1) is 11.8 Å². The van der Waals surface area contributed by atoms with Gasteiger partial charge in [0.15, 0.2) is 0 Å². The van der Waals surface area contributed by atoms with Crippen molar-refractivity contribution in [2.75, 3.05) is 6.54 Å². The quantitative estimate of drug-likeness (QED) is 0.865. The Labute approximate surface area is 133 Å². The lowest BCUT2D eigenvalue weighted by atomic mass is 9.81. The topological polar surface area (TPSA) is 49.3 Å². The van der Waals surface area contributed by atoms with Gasteiger partial charge in [-0.2, -0.15) is 13.2 Å². The van der Waals surface area contributed by atoms with E-state index in [1.54, 1.807) is 6.92 Å². The van der Waals surface area contributed by atoms with Crippen molar-refractivity contribution in [2.24, 2.45) is 11.8 Å². The molecule has 3 nitrogen and oxygen atoms in total. The number of benzene rings is 1. The van der Waals surface area contributed by atoms with Crippen molar-refractivity contribution in [1.82, 2.24) is 5.32 Å². The van der Waals surface area contributed by atoms with E-state index < -0.39 is 17.7 Å². The van der Waals surface area contributed by atoms with Crippen LogP contribution in [0.25, 0.3) is 0 Å². The van der Waals surface area contributed by atoms with Crippen molar-refractivity contribution in [2.45, 2.75) is 44.8 Å². The Morgan fingerprint density at radius 2 is 2.00 bits per heavy atom. The van der Waals surface area contributed by atoms with Crippen LogP contribution < -0.4 is 5.32 Å². The number of aliphatic carboxylic acids is 1. The van der Waals surface area contributed by atoms with Gasteiger partial charge in [0.2, 0.25) is 0 Å². The number of hydrogen-bond acceptors (Lipinski definition) is 2. The fraction of sp³-hybridized carbons (Fsp3) is 0.588. The van der Waals surface area contributed by atoms with Gasteiger partial charge in [0.05, 0.1) is 11.5 Å². The normalized spacial score (nSPS) is 23.5. The molecule has 1 aromatic carbocycles. The second-order valence-electron chi connectivity index (χ2n) is 6.30. The largest absolute Gasteiger partial charge is 0.481 e. The zero-order chi connectivity index (χ0) is 17.0. The first-order valence-electron chi connectivity index (χ1n) is 7.89. The summed E-state index contributed by atoms with van der Waals surface area (Å²) in [5, 5.41) is 12.5. The van der Waals surface area contributed by atoms with Crippen LogP contribution in [0.4, 0.5) is 13.2 Å². The number of carboxylic acids is 1. The molecule has 0 saturated carbocycles. The highest BCUT2D eigenvalue weighted by Crippen LogP contribution is 2.30. The molecule has 0 radical (unpaired) electrons. The number of alkyl halides is 3. The highest BCUT2D eigenvalue weighted by atomic mass is 19.4. The molecule has 1 aliphatic rings. The highest BCUT2D eigenvalue weighted by molar-refractivity contribution is 5.69. The molecule has 0 aliphatic carbocycles. The first-order chi connectivity index (χ1) is 10.8. The molecule has 6 heteroatoms. The number of carboxylic acid groups (broad SMARTS) is 1. The second kappa shape index (κ2) is 7.34. The Morgan fingerprint density at radius 3 is 2.57 bits per heavy atom. The summed E-state index contributed by atoms with van der Waals surface area (Å²) in [6, 6.07) is 5.47. The van der Waals surface area contributed by atoms with Gasteiger partial charge in [0.25, 0.3) is 0 Å². The number of halogens is 3. The number of piperidine rings is 1. The summed E-state index contributed by atoms with van der Waals surface area (Å²) in [6.07, 6.45) is -1.17. The summed E-state index contributed by atoms with van der Waals surface area (Å²) in [4.78, 5) is 11.1. The molecule has 0 spiro atoms. The summed E-state index contributed by atoms with van der Waals surface area (Å²) in [5.41, 5.74) is 0.237. The number of rotatable bonds is 5. The third kappa shape index (κ3) is 4.96. The van der Waals surface area contributed by atoms with Crippen LogP contribution in [0.5, 0.6) is 0 Å². The molecular formula is C17H22F3NO2. The van der Waals surface area contributed by atoms with E-state index in [1.165, 1.54) is 12.1 Å². The van der Waals surface area contributed by atoms with Gasteiger partial charge in [-0.15, -0.1) is 0 Å². The van der Waals surface area contributed by atoms with Gasteiger partial charge in [-0.1, -0.05) is 19.1 Å². The van der Waals surface area contributed by atoms with E-state index in [4.69, 9.17) is 5.11 Å². The molecular weight excluding hydrogens is 307 g/mol. The summed E-state index contributed by atoms with van der Waals surface area (Å²) >= 11 is 0. The maximum absolute atomic E-state index is 12.5. The van der Waals surface area contributed by atoms with Gasteiger partial charge in [0, 0.05) is 6.04 Å². The average molecular weight is 329 g/mol. The molecule has 2 rings (SSSR count). The van der Waals surface area contributed by atoms with E-state index in [0.717, 1.165) is 43.5 Å². The van der Waals surface area contributed by atoms with E-state index >= 15 is 0 Å². The van der Waals surface area contributed by atoms with Gasteiger partial charge in [0.1, 0.15) is 0 Å². The van der Waals surface area contributed by atoms with Crippen LogP contribution >= 0.6 is 0 Å². The molecule has 0 aromatic heterocycles. The number of carbonyl (C=O) groups is 1. The summed E-state index contributed by atoms with van der Waals surface area (Å²) in [7, 11) is 0. The number of hydrogen-bond donors (Lipinski definition) is 2. The fourth-order valence-corrected chi connectivity index (χ4v) is 3.12. The predicted molar refractivity (Wildman–Crippen MR) is 81.1 cm³/mol. The van der Waals surface area contributed by atoms with Crippen molar-refractivity contribution in [3.63, 3.8) is 0 Å². The second-order valence-corrected chi connectivity index (χ2v) is 6.30. The van der Waals surface area contributed by atoms with Gasteiger partial charge < -0.3 is 10.4 Å². The molecule has 1 fully saturated rings. The van der Waals surface area contributed by atoms with E-state index in [0.29, 0.717) is 6.42 Å². The fourth-order valence-electron chi connectivity index (χ4n) is 3.12. The van der Waals surface area contributed by atoms with Crippen LogP contribution in [0.2, 0.25) is 0 Å². The van der Waals surface area contributed by atoms with Crippen LogP contribution in [-0.2, 0) is 17.4 Å². The van der Waals surface area contributed by atoms with Crippen molar-refractivity contribution in [3.8, 4) is 0 Å². The lowest BCUT2D eigenvalue weighted by molar-refractivity contribution is -0.143. The van der Waals surface area contributed by atoms with Crippen molar-refractivity contribution in [1.29, 1.82) is 0 Å². The first-order valence-corrected chi connectivity index (χ1v) is 7.89.